The van der Waals surface area contributed by atoms with Gasteiger partial charge in [-0.3, -0.25) is 38.9 Å². The number of alkyl halides is 1. The van der Waals surface area contributed by atoms with Crippen LogP contribution in [0.1, 0.15) is 57.8 Å². The van der Waals surface area contributed by atoms with Gasteiger partial charge in [0.2, 0.25) is 17.7 Å². The first-order valence-electron chi connectivity index (χ1n) is 17.6. The van der Waals surface area contributed by atoms with Crippen molar-refractivity contribution in [3.8, 4) is 11.4 Å². The monoisotopic (exact) mass is 995 g/mol. The van der Waals surface area contributed by atoms with Gasteiger partial charge in [-0.2, -0.15) is 0 Å². The third-order valence-electron chi connectivity index (χ3n) is 6.64. The summed E-state index contributed by atoms with van der Waals surface area (Å²) < 4.78 is 9.36. The third kappa shape index (κ3) is 18.6. The molecule has 18 nitrogen and oxygen atoms in total. The summed E-state index contributed by atoms with van der Waals surface area (Å²) in [5, 5.41) is 6.32. The molecule has 6 aromatic rings. The van der Waals surface area contributed by atoms with Crippen molar-refractivity contribution < 1.29 is 33.4 Å². The Labute approximate surface area is 378 Å². The summed E-state index contributed by atoms with van der Waals surface area (Å²) >= 11 is 8.81. The van der Waals surface area contributed by atoms with Crippen molar-refractivity contribution in [1.29, 1.82) is 0 Å². The fraction of sp³-hybridized carbons (Fsp3) is 0.179. The molecule has 61 heavy (non-hydrogen) atoms. The Morgan fingerprint density at radius 1 is 0.738 bits per heavy atom. The Bertz CT molecular complexity index is 2290. The highest BCUT2D eigenvalue weighted by Gasteiger charge is 2.26. The van der Waals surface area contributed by atoms with Gasteiger partial charge in [0.05, 0.1) is 18.9 Å². The van der Waals surface area contributed by atoms with E-state index in [1.165, 1.54) is 30.7 Å². The summed E-state index contributed by atoms with van der Waals surface area (Å²) in [7, 11) is 0. The van der Waals surface area contributed by atoms with Crippen molar-refractivity contribution in [3.63, 3.8) is 0 Å². The number of thiocarbonyl (C=S) groups is 1. The quantitative estimate of drug-likeness (QED) is 0.0369. The van der Waals surface area contributed by atoms with Gasteiger partial charge in [0.1, 0.15) is 28.4 Å². The predicted molar refractivity (Wildman–Crippen MR) is 241 cm³/mol. The summed E-state index contributed by atoms with van der Waals surface area (Å²) in [6, 6.07) is 18.9. The van der Waals surface area contributed by atoms with E-state index >= 15 is 0 Å². The van der Waals surface area contributed by atoms with E-state index in [1.54, 1.807) is 93.4 Å². The second-order valence-electron chi connectivity index (χ2n) is 11.0. The molecule has 6 aromatic heterocycles. The lowest BCUT2D eigenvalue weighted by molar-refractivity contribution is -0.142. The average molecular weight is 998 g/mol. The fourth-order valence-electron chi connectivity index (χ4n) is 4.14. The Balaban J connectivity index is 0.000000288. The largest absolute Gasteiger partial charge is 0.466 e. The average Bonchev–Trinajstić information content (AvgIpc) is 3.69. The second kappa shape index (κ2) is 28.2. The zero-order chi connectivity index (χ0) is 43.7. The standard InChI is InChI=1S/C14H11N5OS.C10H10BrNO3.C10H11NO3.C5H6N4S.BrH/c1-9(20)12-11(10-5-2-3-6-15-10)18-14(21-12)19-13-16-7-4-8-17-13;1-2-15-10(14)8(11)9(13)7-5-3-4-6-12-7;1-2-14-10(13)7-9(12)8-5-3-4-6-11-8;6-4(10)9-5-7-2-1-3-8-5;/h2-8H,1H3,(H,16,17,18,19);3-6,8H,2H2,1H3;3-6H,2,7H2,1H3;1-3H,(H3,6,7,8,9,10);1H. The molecule has 6 heterocycles. The predicted octanol–water partition coefficient (Wildman–Crippen LogP) is 6.46. The molecule has 0 aromatic carbocycles. The lowest BCUT2D eigenvalue weighted by atomic mass is 10.2. The van der Waals surface area contributed by atoms with Crippen LogP contribution in [-0.4, -0.2) is 92.3 Å². The number of carbonyl (C=O) groups excluding carboxylic acids is 5. The molecule has 0 aliphatic heterocycles. The van der Waals surface area contributed by atoms with Crippen LogP contribution in [0.5, 0.6) is 0 Å². The zero-order valence-corrected chi connectivity index (χ0v) is 37.6. The van der Waals surface area contributed by atoms with Crippen LogP contribution in [0.4, 0.5) is 17.0 Å². The van der Waals surface area contributed by atoms with Gasteiger partial charge in [-0.05, 0) is 74.6 Å². The topological polar surface area (TPSA) is 257 Å². The molecule has 0 spiro atoms. The van der Waals surface area contributed by atoms with Crippen LogP contribution < -0.4 is 16.4 Å². The molecule has 0 fully saturated rings. The van der Waals surface area contributed by atoms with Gasteiger partial charge in [-0.25, -0.2) is 24.9 Å². The third-order valence-corrected chi connectivity index (χ3v) is 8.60. The molecule has 22 heteroatoms. The highest BCUT2D eigenvalue weighted by molar-refractivity contribution is 9.10. The number of hydrogen-bond acceptors (Lipinski definition) is 18. The first kappa shape index (κ1) is 50.8. The fourth-order valence-corrected chi connectivity index (χ4v) is 5.47. The van der Waals surface area contributed by atoms with Crippen LogP contribution in [0, 0.1) is 0 Å². The number of esters is 2. The molecule has 0 radical (unpaired) electrons. The highest BCUT2D eigenvalue weighted by Crippen LogP contribution is 2.31. The SMILES string of the molecule is Br.CC(=O)c1sc(Nc2ncccn2)nc1-c1ccccn1.CCOC(=O)C(Br)C(=O)c1ccccn1.CCOC(=O)CC(=O)c1ccccn1.NC(=S)Nc1ncccn1. The van der Waals surface area contributed by atoms with E-state index in [-0.39, 0.29) is 59.0 Å². The van der Waals surface area contributed by atoms with Gasteiger partial charge in [-0.15, -0.1) is 17.0 Å². The van der Waals surface area contributed by atoms with Gasteiger partial charge in [0.25, 0.3) is 0 Å². The first-order valence-corrected chi connectivity index (χ1v) is 19.7. The number of Topliss-reactive ketones (excluding diaryl/α,β-unsaturated/α-hetero) is 3. The summed E-state index contributed by atoms with van der Waals surface area (Å²) in [6.45, 7) is 5.43. The number of rotatable bonds is 13. The molecule has 318 valence electrons. The van der Waals surface area contributed by atoms with Crippen LogP contribution in [0.25, 0.3) is 11.4 Å². The highest BCUT2D eigenvalue weighted by atomic mass is 79.9. The lowest BCUT2D eigenvalue weighted by Gasteiger charge is -2.06. The molecule has 4 N–H and O–H groups in total. The summed E-state index contributed by atoms with van der Waals surface area (Å²) in [4.78, 5) is 88.8. The van der Waals surface area contributed by atoms with Crippen molar-refractivity contribution in [3.05, 3.63) is 126 Å². The summed E-state index contributed by atoms with van der Waals surface area (Å²) in [5.41, 5.74) is 6.94. The summed E-state index contributed by atoms with van der Waals surface area (Å²) in [6.07, 6.45) is 10.9. The Morgan fingerprint density at radius 3 is 1.75 bits per heavy atom. The van der Waals surface area contributed by atoms with Gasteiger partial charge in [0, 0.05) is 50.3 Å². The number of aromatic nitrogens is 8. The van der Waals surface area contributed by atoms with Gasteiger partial charge in [0.15, 0.2) is 26.6 Å². The molecule has 0 bridgehead atoms. The van der Waals surface area contributed by atoms with E-state index in [1.807, 2.05) is 18.2 Å². The minimum Gasteiger partial charge on any atom is -0.466 e. The number of nitrogens with one attached hydrogen (secondary N) is 2. The minimum absolute atomic E-state index is 0. The number of anilines is 3. The maximum Gasteiger partial charge on any atom is 0.327 e. The Hall–Kier alpha value is -6.36. The molecule has 1 unspecified atom stereocenters. The number of halogens is 2. The number of ketones is 3. The number of carbonyl (C=O) groups is 5. The van der Waals surface area contributed by atoms with Gasteiger partial charge in [-0.1, -0.05) is 45.5 Å². The zero-order valence-electron chi connectivity index (χ0n) is 32.7. The Morgan fingerprint density at radius 2 is 1.26 bits per heavy atom. The molecule has 0 aliphatic rings. The van der Waals surface area contributed by atoms with Crippen molar-refractivity contribution in [2.24, 2.45) is 5.73 Å². The molecule has 6 rings (SSSR count). The van der Waals surface area contributed by atoms with Crippen LogP contribution in [0.2, 0.25) is 0 Å². The number of nitrogens with zero attached hydrogens (tertiary/aromatic N) is 8. The van der Waals surface area contributed by atoms with E-state index in [2.05, 4.69) is 83.4 Å². The molecule has 0 aliphatic carbocycles. The Kier molecular flexibility index (Phi) is 23.5. The van der Waals surface area contributed by atoms with E-state index in [4.69, 9.17) is 10.5 Å². The number of ether oxygens (including phenoxy) is 2. The first-order chi connectivity index (χ1) is 28.9. The van der Waals surface area contributed by atoms with Gasteiger partial charge >= 0.3 is 11.9 Å². The minimum atomic E-state index is -0.979. The van der Waals surface area contributed by atoms with Gasteiger partial charge < -0.3 is 25.8 Å². The molecule has 0 amide bonds. The van der Waals surface area contributed by atoms with Crippen molar-refractivity contribution in [2.45, 2.75) is 32.0 Å². The molecular formula is C39H39Br2N11O7S2. The number of nitrogens with two attached hydrogens (primary N) is 1. The second-order valence-corrected chi connectivity index (χ2v) is 13.4. The van der Waals surface area contributed by atoms with E-state index in [9.17, 15) is 24.0 Å². The molecule has 0 saturated carbocycles. The van der Waals surface area contributed by atoms with Crippen LogP contribution in [0.15, 0.2) is 110 Å². The maximum absolute atomic E-state index is 11.8. The number of pyridine rings is 3. The number of thiazole rings is 1. The van der Waals surface area contributed by atoms with Crippen LogP contribution in [0.3, 0.4) is 0 Å². The van der Waals surface area contributed by atoms with E-state index in [0.29, 0.717) is 39.0 Å². The van der Waals surface area contributed by atoms with E-state index < -0.39 is 22.5 Å². The van der Waals surface area contributed by atoms with Crippen LogP contribution >= 0.6 is 56.5 Å². The smallest absolute Gasteiger partial charge is 0.327 e. The molecule has 1 atom stereocenters. The normalized spacial score (nSPS) is 10.1. The van der Waals surface area contributed by atoms with Crippen molar-refractivity contribution in [2.75, 3.05) is 23.8 Å². The summed E-state index contributed by atoms with van der Waals surface area (Å²) in [5.74, 6) is -0.992. The van der Waals surface area contributed by atoms with Crippen LogP contribution in [-0.2, 0) is 19.1 Å². The molecular weight excluding hydrogens is 958 g/mol. The van der Waals surface area contributed by atoms with Crippen molar-refractivity contribution >= 4 is 108 Å². The van der Waals surface area contributed by atoms with Crippen molar-refractivity contribution in [1.82, 2.24) is 39.9 Å². The maximum atomic E-state index is 11.8. The van der Waals surface area contributed by atoms with E-state index in [0.717, 1.165) is 0 Å². The molecule has 0 saturated heterocycles. The lowest BCUT2D eigenvalue weighted by Crippen LogP contribution is -2.27. The number of hydrogen-bond donors (Lipinski definition) is 3.